The lowest BCUT2D eigenvalue weighted by atomic mass is 10.0. The van der Waals surface area contributed by atoms with E-state index in [1.54, 1.807) is 6.07 Å². The third kappa shape index (κ3) is 4.19. The largest absolute Gasteiger partial charge is 0.447 e. The number of allylic oxidation sites excluding steroid dienone is 1. The van der Waals surface area contributed by atoms with Crippen molar-refractivity contribution in [2.45, 2.75) is 56.8 Å². The predicted octanol–water partition coefficient (Wildman–Crippen LogP) is 2.16. The first-order valence-corrected chi connectivity index (χ1v) is 8.45. The van der Waals surface area contributed by atoms with Crippen LogP contribution in [-0.2, 0) is 16.6 Å². The van der Waals surface area contributed by atoms with E-state index in [2.05, 4.69) is 16.1 Å². The molecule has 2 N–H and O–H groups in total. The topological polar surface area (TPSA) is 71.3 Å². The van der Waals surface area contributed by atoms with Gasteiger partial charge in [-0.05, 0) is 31.4 Å². The summed E-state index contributed by atoms with van der Waals surface area (Å²) in [5.74, 6) is 0.627. The summed E-state index contributed by atoms with van der Waals surface area (Å²) in [7, 11) is -3.56. The Hall–Kier alpha value is -1.11. The minimum Gasteiger partial charge on any atom is -0.447 e. The average molecular weight is 298 g/mol. The molecule has 0 fully saturated rings. The van der Waals surface area contributed by atoms with Gasteiger partial charge in [-0.2, -0.15) is 0 Å². The number of rotatable bonds is 6. The maximum Gasteiger partial charge on any atom is 0.274 e. The van der Waals surface area contributed by atoms with Crippen LogP contribution in [0.1, 0.15) is 38.9 Å². The van der Waals surface area contributed by atoms with Crippen LogP contribution in [0.2, 0.25) is 0 Å². The highest BCUT2D eigenvalue weighted by Crippen LogP contribution is 2.17. The van der Waals surface area contributed by atoms with Crippen LogP contribution in [0.25, 0.3) is 0 Å². The quantitative estimate of drug-likeness (QED) is 0.790. The van der Waals surface area contributed by atoms with E-state index in [-0.39, 0.29) is 11.1 Å². The minimum absolute atomic E-state index is 0.00684. The third-order valence-electron chi connectivity index (χ3n) is 3.18. The van der Waals surface area contributed by atoms with Gasteiger partial charge in [0.2, 0.25) is 5.09 Å². The Labute approximate surface area is 120 Å². The molecule has 0 spiro atoms. The number of furan rings is 1. The number of nitrogens with one attached hydrogen (secondary N) is 2. The standard InChI is InChI=1S/C14H22N2O3S/c1-11(2)15-10-13-8-9-14(19-13)20(17,18)16-12-6-4-3-5-7-12/h3-4,8-9,11-12,15-16H,5-7,10H2,1-2H3. The summed E-state index contributed by atoms with van der Waals surface area (Å²) in [6, 6.07) is 3.50. The zero-order valence-electron chi connectivity index (χ0n) is 11.9. The first-order valence-electron chi connectivity index (χ1n) is 6.97. The Bertz CT molecular complexity index is 561. The summed E-state index contributed by atoms with van der Waals surface area (Å²) >= 11 is 0. The lowest BCUT2D eigenvalue weighted by Gasteiger charge is -2.18. The molecule has 0 saturated carbocycles. The van der Waals surface area contributed by atoms with Gasteiger partial charge in [0, 0.05) is 12.1 Å². The molecule has 1 aromatic heterocycles. The molecule has 0 saturated heterocycles. The van der Waals surface area contributed by atoms with Gasteiger partial charge in [-0.25, -0.2) is 13.1 Å². The summed E-state index contributed by atoms with van der Waals surface area (Å²) in [6.07, 6.45) is 6.57. The molecule has 2 rings (SSSR count). The molecular weight excluding hydrogens is 276 g/mol. The van der Waals surface area contributed by atoms with E-state index in [4.69, 9.17) is 4.42 Å². The molecule has 0 aliphatic heterocycles. The molecular formula is C14H22N2O3S. The lowest BCUT2D eigenvalue weighted by Crippen LogP contribution is -2.35. The molecule has 5 nitrogen and oxygen atoms in total. The zero-order valence-corrected chi connectivity index (χ0v) is 12.7. The third-order valence-corrected chi connectivity index (χ3v) is 4.57. The normalized spacial score (nSPS) is 19.6. The molecule has 6 heteroatoms. The maximum atomic E-state index is 12.2. The Morgan fingerprint density at radius 1 is 1.35 bits per heavy atom. The van der Waals surface area contributed by atoms with E-state index in [0.717, 1.165) is 19.3 Å². The molecule has 1 aliphatic rings. The smallest absolute Gasteiger partial charge is 0.274 e. The molecule has 20 heavy (non-hydrogen) atoms. The SMILES string of the molecule is CC(C)NCc1ccc(S(=O)(=O)NC2CC=CCC2)o1. The summed E-state index contributed by atoms with van der Waals surface area (Å²) < 4.78 is 32.5. The van der Waals surface area contributed by atoms with E-state index in [1.165, 1.54) is 6.07 Å². The van der Waals surface area contributed by atoms with Gasteiger partial charge in [-0.3, -0.25) is 0 Å². The van der Waals surface area contributed by atoms with E-state index < -0.39 is 10.0 Å². The second-order valence-corrected chi connectivity index (χ2v) is 7.00. The first kappa shape index (κ1) is 15.3. The molecule has 1 aromatic rings. The van der Waals surface area contributed by atoms with Gasteiger partial charge >= 0.3 is 0 Å². The van der Waals surface area contributed by atoms with Gasteiger partial charge in [0.15, 0.2) is 0 Å². The van der Waals surface area contributed by atoms with Crippen LogP contribution in [0, 0.1) is 0 Å². The summed E-state index contributed by atoms with van der Waals surface area (Å²) in [5, 5.41) is 3.18. The van der Waals surface area contributed by atoms with Gasteiger partial charge in [0.05, 0.1) is 6.54 Å². The van der Waals surface area contributed by atoms with Crippen molar-refractivity contribution in [2.24, 2.45) is 0 Å². The Morgan fingerprint density at radius 3 is 2.80 bits per heavy atom. The van der Waals surface area contributed by atoms with Crippen LogP contribution in [0.3, 0.4) is 0 Å². The van der Waals surface area contributed by atoms with Crippen LogP contribution in [-0.4, -0.2) is 20.5 Å². The van der Waals surface area contributed by atoms with E-state index >= 15 is 0 Å². The van der Waals surface area contributed by atoms with E-state index in [1.807, 2.05) is 19.9 Å². The second kappa shape index (κ2) is 6.56. The van der Waals surface area contributed by atoms with Crippen LogP contribution < -0.4 is 10.0 Å². The summed E-state index contributed by atoms with van der Waals surface area (Å²) in [5.41, 5.74) is 0. The highest BCUT2D eigenvalue weighted by molar-refractivity contribution is 7.89. The van der Waals surface area contributed by atoms with Gasteiger partial charge in [0.1, 0.15) is 5.76 Å². The summed E-state index contributed by atoms with van der Waals surface area (Å²) in [6.45, 7) is 4.58. The van der Waals surface area contributed by atoms with Crippen LogP contribution >= 0.6 is 0 Å². The van der Waals surface area contributed by atoms with Crippen molar-refractivity contribution in [3.63, 3.8) is 0 Å². The van der Waals surface area contributed by atoms with Crippen LogP contribution in [0.4, 0.5) is 0 Å². The Balaban J connectivity index is 2.00. The van der Waals surface area contributed by atoms with Crippen molar-refractivity contribution < 1.29 is 12.8 Å². The van der Waals surface area contributed by atoms with Crippen LogP contribution in [0.15, 0.2) is 33.8 Å². The molecule has 0 aromatic carbocycles. The van der Waals surface area contributed by atoms with Gasteiger partial charge in [0.25, 0.3) is 10.0 Å². The molecule has 0 radical (unpaired) electrons. The molecule has 0 bridgehead atoms. The number of hydrogen-bond donors (Lipinski definition) is 2. The average Bonchev–Trinajstić information content (AvgIpc) is 2.86. The first-order chi connectivity index (χ1) is 9.47. The van der Waals surface area contributed by atoms with Crippen molar-refractivity contribution in [3.05, 3.63) is 30.0 Å². The maximum absolute atomic E-state index is 12.2. The number of sulfonamides is 1. The molecule has 1 aliphatic carbocycles. The van der Waals surface area contributed by atoms with Crippen molar-refractivity contribution in [1.29, 1.82) is 0 Å². The molecule has 0 amide bonds. The van der Waals surface area contributed by atoms with Gasteiger partial charge in [-0.15, -0.1) is 0 Å². The Kier molecular flexibility index (Phi) is 5.01. The fraction of sp³-hybridized carbons (Fsp3) is 0.571. The van der Waals surface area contributed by atoms with E-state index in [9.17, 15) is 8.42 Å². The number of hydrogen-bond acceptors (Lipinski definition) is 4. The fourth-order valence-electron chi connectivity index (χ4n) is 2.08. The molecule has 1 unspecified atom stereocenters. The highest BCUT2D eigenvalue weighted by atomic mass is 32.2. The Morgan fingerprint density at radius 2 is 2.15 bits per heavy atom. The van der Waals surface area contributed by atoms with Crippen LogP contribution in [0.5, 0.6) is 0 Å². The second-order valence-electron chi connectivity index (χ2n) is 5.36. The minimum atomic E-state index is -3.56. The van der Waals surface area contributed by atoms with Gasteiger partial charge in [-0.1, -0.05) is 26.0 Å². The monoisotopic (exact) mass is 298 g/mol. The molecule has 1 heterocycles. The van der Waals surface area contributed by atoms with Crippen molar-refractivity contribution in [1.82, 2.24) is 10.0 Å². The summed E-state index contributed by atoms with van der Waals surface area (Å²) in [4.78, 5) is 0. The predicted molar refractivity (Wildman–Crippen MR) is 77.8 cm³/mol. The van der Waals surface area contributed by atoms with Crippen molar-refractivity contribution in [3.8, 4) is 0 Å². The zero-order chi connectivity index (χ0) is 14.6. The molecule has 1 atom stereocenters. The highest BCUT2D eigenvalue weighted by Gasteiger charge is 2.23. The fourth-order valence-corrected chi connectivity index (χ4v) is 3.31. The van der Waals surface area contributed by atoms with E-state index in [0.29, 0.717) is 18.3 Å². The molecule has 112 valence electrons. The lowest BCUT2D eigenvalue weighted by molar-refractivity contribution is 0.390. The van der Waals surface area contributed by atoms with Gasteiger partial charge < -0.3 is 9.73 Å². The van der Waals surface area contributed by atoms with Crippen molar-refractivity contribution >= 4 is 10.0 Å². The van der Waals surface area contributed by atoms with Crippen molar-refractivity contribution in [2.75, 3.05) is 0 Å².